The fourth-order valence-electron chi connectivity index (χ4n) is 0.355. The van der Waals surface area contributed by atoms with Crippen molar-refractivity contribution in [3.8, 4) is 0 Å². The second-order valence-corrected chi connectivity index (χ2v) is 5.20. The Morgan fingerprint density at radius 3 is 2.23 bits per heavy atom. The summed E-state index contributed by atoms with van der Waals surface area (Å²) in [5.41, 5.74) is 0.0309. The summed E-state index contributed by atoms with van der Waals surface area (Å²) in [6.45, 7) is -1.40. The highest BCUT2D eigenvalue weighted by atomic mass is 32.5. The van der Waals surface area contributed by atoms with Gasteiger partial charge in [0.25, 0.3) is 0 Å². The maximum absolute atomic E-state index is 10.3. The Hall–Kier alpha value is -0.420. The van der Waals surface area contributed by atoms with Crippen LogP contribution in [0, 0.1) is 0 Å². The summed E-state index contributed by atoms with van der Waals surface area (Å²) < 4.78 is 14.4. The first-order valence-corrected chi connectivity index (χ1v) is 5.80. The number of carbonyl (C=O) groups is 1. The first-order chi connectivity index (χ1) is 5.95. The number of rotatable bonds is 5. The van der Waals surface area contributed by atoms with Crippen molar-refractivity contribution in [3.63, 3.8) is 0 Å². The fraction of sp³-hybridized carbons (Fsp3) is 0.500. The normalized spacial score (nSPS) is 12.7. The van der Waals surface area contributed by atoms with Crippen LogP contribution in [0.1, 0.15) is 6.92 Å². The molecule has 0 aromatic carbocycles. The molecule has 13 heavy (non-hydrogen) atoms. The van der Waals surface area contributed by atoms with Gasteiger partial charge >= 0.3 is 12.7 Å². The lowest BCUT2D eigenvalue weighted by atomic mass is 10.4. The average Bonchev–Trinajstić information content (AvgIpc) is 2.13. The van der Waals surface area contributed by atoms with Crippen molar-refractivity contribution < 1.29 is 23.5 Å². The summed E-state index contributed by atoms with van der Waals surface area (Å²) in [6, 6.07) is 0. The third-order valence-corrected chi connectivity index (χ3v) is 3.55. The molecule has 0 saturated heterocycles. The van der Waals surface area contributed by atoms with Gasteiger partial charge in [-0.1, -0.05) is 0 Å². The standard InChI is InChI=1S/C6H11O5PS/c1-5(6(7)8)4-11-12(13,9-2)10-3/h4H,1-3H3,(H,7,8)/b5-4+. The molecule has 7 heteroatoms. The first kappa shape index (κ1) is 12.6. The fourth-order valence-corrected chi connectivity index (χ4v) is 1.09. The first-order valence-electron chi connectivity index (χ1n) is 3.25. The molecule has 5 nitrogen and oxygen atoms in total. The molecule has 0 rings (SSSR count). The van der Waals surface area contributed by atoms with Crippen LogP contribution in [0.4, 0.5) is 0 Å². The predicted molar refractivity (Wildman–Crippen MR) is 50.8 cm³/mol. The van der Waals surface area contributed by atoms with E-state index in [4.69, 9.17) is 30.5 Å². The summed E-state index contributed by atoms with van der Waals surface area (Å²) in [5, 5.41) is 8.47. The summed E-state index contributed by atoms with van der Waals surface area (Å²) in [4.78, 5) is 10.3. The molecule has 0 aliphatic rings. The van der Waals surface area contributed by atoms with Crippen LogP contribution in [0.15, 0.2) is 11.8 Å². The molecule has 0 amide bonds. The largest absolute Gasteiger partial charge is 0.478 e. The summed E-state index contributed by atoms with van der Waals surface area (Å²) in [7, 11) is 2.68. The molecule has 0 aliphatic heterocycles. The zero-order valence-electron chi connectivity index (χ0n) is 7.51. The molecule has 0 radical (unpaired) electrons. The van der Waals surface area contributed by atoms with Crippen molar-refractivity contribution in [2.45, 2.75) is 6.92 Å². The third-order valence-electron chi connectivity index (χ3n) is 1.14. The van der Waals surface area contributed by atoms with Crippen molar-refractivity contribution in [1.29, 1.82) is 0 Å². The molecule has 0 aromatic rings. The molecule has 76 valence electrons. The van der Waals surface area contributed by atoms with Crippen LogP contribution in [-0.2, 0) is 30.2 Å². The lowest BCUT2D eigenvalue weighted by molar-refractivity contribution is -0.132. The summed E-state index contributed by atoms with van der Waals surface area (Å²) in [5.74, 6) is -1.08. The molecular weight excluding hydrogens is 215 g/mol. The Bertz CT molecular complexity index is 254. The molecule has 0 fully saturated rings. The van der Waals surface area contributed by atoms with Gasteiger partial charge in [-0.05, 0) is 6.92 Å². The Labute approximate surface area is 81.6 Å². The van der Waals surface area contributed by atoms with Crippen molar-refractivity contribution in [2.24, 2.45) is 0 Å². The molecule has 0 atom stereocenters. The molecular formula is C6H11O5PS. The van der Waals surface area contributed by atoms with Gasteiger partial charge in [0.15, 0.2) is 0 Å². The van der Waals surface area contributed by atoms with Crippen LogP contribution >= 0.6 is 6.72 Å². The zero-order valence-corrected chi connectivity index (χ0v) is 9.22. The van der Waals surface area contributed by atoms with Gasteiger partial charge in [0.2, 0.25) is 0 Å². The van der Waals surface area contributed by atoms with Gasteiger partial charge in [-0.2, -0.15) is 0 Å². The van der Waals surface area contributed by atoms with Crippen LogP contribution in [0.5, 0.6) is 0 Å². The molecule has 1 N–H and O–H groups in total. The van der Waals surface area contributed by atoms with E-state index < -0.39 is 12.7 Å². The number of carboxylic acids is 1. The third kappa shape index (κ3) is 4.38. The monoisotopic (exact) mass is 226 g/mol. The molecule has 0 spiro atoms. The Balaban J connectivity index is 4.37. The minimum atomic E-state index is -2.78. The van der Waals surface area contributed by atoms with E-state index in [2.05, 4.69) is 0 Å². The van der Waals surface area contributed by atoms with Crippen LogP contribution in [0.25, 0.3) is 0 Å². The molecule has 0 saturated carbocycles. The Morgan fingerprint density at radius 2 is 1.92 bits per heavy atom. The van der Waals surface area contributed by atoms with Crippen LogP contribution < -0.4 is 0 Å². The quantitative estimate of drug-likeness (QED) is 0.435. The van der Waals surface area contributed by atoms with E-state index >= 15 is 0 Å². The minimum Gasteiger partial charge on any atom is -0.478 e. The van der Waals surface area contributed by atoms with Crippen molar-refractivity contribution >= 4 is 24.5 Å². The summed E-state index contributed by atoms with van der Waals surface area (Å²) in [6.07, 6.45) is 1.02. The molecule has 0 heterocycles. The van der Waals surface area contributed by atoms with Crippen molar-refractivity contribution in [1.82, 2.24) is 0 Å². The van der Waals surface area contributed by atoms with Gasteiger partial charge in [0, 0.05) is 26.0 Å². The zero-order chi connectivity index (χ0) is 10.5. The molecule has 0 unspecified atom stereocenters. The highest BCUT2D eigenvalue weighted by Gasteiger charge is 2.16. The highest BCUT2D eigenvalue weighted by molar-refractivity contribution is 8.07. The number of hydrogen-bond donors (Lipinski definition) is 1. The van der Waals surface area contributed by atoms with Gasteiger partial charge in [0.05, 0.1) is 5.57 Å². The Kier molecular flexibility index (Phi) is 5.17. The Morgan fingerprint density at radius 1 is 1.46 bits per heavy atom. The maximum Gasteiger partial charge on any atom is 0.379 e. The number of aliphatic carboxylic acids is 1. The van der Waals surface area contributed by atoms with Crippen molar-refractivity contribution in [3.05, 3.63) is 11.8 Å². The topological polar surface area (TPSA) is 65.0 Å². The van der Waals surface area contributed by atoms with E-state index in [1.165, 1.54) is 21.1 Å². The average molecular weight is 226 g/mol. The minimum absolute atomic E-state index is 0.0309. The van der Waals surface area contributed by atoms with Gasteiger partial charge in [-0.25, -0.2) is 4.79 Å². The van der Waals surface area contributed by atoms with E-state index in [0.717, 1.165) is 6.26 Å². The molecule has 0 aromatic heterocycles. The number of carboxylic acid groups (broad SMARTS) is 1. The maximum atomic E-state index is 10.3. The lowest BCUT2D eigenvalue weighted by Gasteiger charge is -2.15. The second-order valence-electron chi connectivity index (χ2n) is 2.02. The predicted octanol–water partition coefficient (Wildman–Crippen LogP) is 1.51. The van der Waals surface area contributed by atoms with Gasteiger partial charge in [-0.15, -0.1) is 0 Å². The van der Waals surface area contributed by atoms with Gasteiger partial charge < -0.3 is 18.7 Å². The number of hydrogen-bond acceptors (Lipinski definition) is 5. The lowest BCUT2D eigenvalue weighted by Crippen LogP contribution is -1.97. The molecule has 0 aliphatic carbocycles. The summed E-state index contributed by atoms with van der Waals surface area (Å²) >= 11 is 4.82. The van der Waals surface area contributed by atoms with Crippen LogP contribution in [0.2, 0.25) is 0 Å². The molecule has 0 bridgehead atoms. The van der Waals surface area contributed by atoms with E-state index in [1.807, 2.05) is 0 Å². The second kappa shape index (κ2) is 5.34. The smallest absolute Gasteiger partial charge is 0.379 e. The van der Waals surface area contributed by atoms with Gasteiger partial charge in [0.1, 0.15) is 6.26 Å². The van der Waals surface area contributed by atoms with Gasteiger partial charge in [-0.3, -0.25) is 0 Å². The van der Waals surface area contributed by atoms with E-state index in [9.17, 15) is 4.79 Å². The van der Waals surface area contributed by atoms with Crippen LogP contribution in [-0.4, -0.2) is 25.3 Å². The highest BCUT2D eigenvalue weighted by Crippen LogP contribution is 2.48. The van der Waals surface area contributed by atoms with Crippen molar-refractivity contribution in [2.75, 3.05) is 14.2 Å². The van der Waals surface area contributed by atoms with E-state index in [1.54, 1.807) is 0 Å². The van der Waals surface area contributed by atoms with Crippen LogP contribution in [0.3, 0.4) is 0 Å². The van der Waals surface area contributed by atoms with E-state index in [0.29, 0.717) is 0 Å². The van der Waals surface area contributed by atoms with E-state index in [-0.39, 0.29) is 5.57 Å². The SMILES string of the molecule is COP(=S)(OC)O/C=C(\C)C(=O)O.